The Morgan fingerprint density at radius 2 is 2.00 bits per heavy atom. The Kier molecular flexibility index (Phi) is 2.67. The average Bonchev–Trinajstić information content (AvgIpc) is 1.30. The molecule has 0 saturated carbocycles. The lowest BCUT2D eigenvalue weighted by molar-refractivity contribution is 0.0935. The molecule has 0 rings (SSSR count). The number of rotatable bonds is 2. The molecule has 0 aliphatic rings. The zero-order valence-corrected chi connectivity index (χ0v) is 5.40. The quantitative estimate of drug-likeness (QED) is 0.498. The Labute approximate surface area is 44.5 Å². The van der Waals surface area contributed by atoms with Gasteiger partial charge in [0.1, 0.15) is 0 Å². The van der Waals surface area contributed by atoms with Crippen LogP contribution in [0.15, 0.2) is 0 Å². The van der Waals surface area contributed by atoms with E-state index < -0.39 is 5.66 Å². The van der Waals surface area contributed by atoms with E-state index in [1.807, 2.05) is 0 Å². The molecule has 0 aliphatic carbocycles. The van der Waals surface area contributed by atoms with E-state index in [9.17, 15) is 8.78 Å². The van der Waals surface area contributed by atoms with Crippen molar-refractivity contribution in [2.75, 3.05) is 0 Å². The van der Waals surface area contributed by atoms with Gasteiger partial charge in [-0.25, -0.2) is 8.78 Å². The van der Waals surface area contributed by atoms with Crippen molar-refractivity contribution in [1.82, 2.24) is 0 Å². The summed E-state index contributed by atoms with van der Waals surface area (Å²) >= 11 is 0. The van der Waals surface area contributed by atoms with Crippen LogP contribution in [-0.4, -0.2) is 5.66 Å². The van der Waals surface area contributed by atoms with Crippen molar-refractivity contribution in [3.63, 3.8) is 0 Å². The summed E-state index contributed by atoms with van der Waals surface area (Å²) in [6.07, 6.45) is 0.508. The molecule has 7 heavy (non-hydrogen) atoms. The third kappa shape index (κ3) is 6.29. The Bertz CT molecular complexity index is 48.1. The van der Waals surface area contributed by atoms with Gasteiger partial charge in [-0.2, -0.15) is 0 Å². The van der Waals surface area contributed by atoms with E-state index >= 15 is 0 Å². The topological polar surface area (TPSA) is 0 Å². The van der Waals surface area contributed by atoms with Crippen LogP contribution in [0.4, 0.5) is 8.78 Å². The van der Waals surface area contributed by atoms with Crippen LogP contribution in [0, 0.1) is 0 Å². The van der Waals surface area contributed by atoms with Gasteiger partial charge in [-0.3, -0.25) is 0 Å². The molecular weight excluding hydrogens is 117 g/mol. The maximum Gasteiger partial charge on any atom is 0.259 e. The second-order valence-electron chi connectivity index (χ2n) is 1.51. The summed E-state index contributed by atoms with van der Waals surface area (Å²) in [7, 11) is 1.50. The highest BCUT2D eigenvalue weighted by atomic mass is 31.0. The van der Waals surface area contributed by atoms with Gasteiger partial charge >= 0.3 is 0 Å². The van der Waals surface area contributed by atoms with Gasteiger partial charge in [0.2, 0.25) is 0 Å². The van der Waals surface area contributed by atoms with E-state index in [4.69, 9.17) is 0 Å². The Balaban J connectivity index is 3.15. The lowest BCUT2D eigenvalue weighted by atomic mass is 10.3. The van der Waals surface area contributed by atoms with Gasteiger partial charge in [-0.05, 0) is 0 Å². The lowest BCUT2D eigenvalue weighted by Gasteiger charge is -2.05. The summed E-state index contributed by atoms with van der Waals surface area (Å²) in [4.78, 5) is 0. The van der Waals surface area contributed by atoms with E-state index in [2.05, 4.69) is 0 Å². The molecule has 1 unspecified atom stereocenters. The van der Waals surface area contributed by atoms with Gasteiger partial charge in [0.25, 0.3) is 5.66 Å². The van der Waals surface area contributed by atoms with Crippen LogP contribution < -0.4 is 0 Å². The van der Waals surface area contributed by atoms with Gasteiger partial charge < -0.3 is 0 Å². The third-order valence-electron chi connectivity index (χ3n) is 0.583. The van der Waals surface area contributed by atoms with Gasteiger partial charge in [-0.1, -0.05) is 22.6 Å². The molecule has 0 aromatic rings. The highest BCUT2D eigenvalue weighted by molar-refractivity contribution is 7.18. The second kappa shape index (κ2) is 2.56. The van der Waals surface area contributed by atoms with Crippen molar-refractivity contribution in [2.45, 2.75) is 25.4 Å². The van der Waals surface area contributed by atoms with Crippen molar-refractivity contribution in [2.24, 2.45) is 0 Å². The largest absolute Gasteiger partial charge is 0.259 e. The van der Waals surface area contributed by atoms with E-state index in [1.165, 1.54) is 9.24 Å². The van der Waals surface area contributed by atoms with Gasteiger partial charge in [0.15, 0.2) is 0 Å². The van der Waals surface area contributed by atoms with Crippen molar-refractivity contribution in [1.29, 1.82) is 0 Å². The van der Waals surface area contributed by atoms with Crippen molar-refractivity contribution in [3.05, 3.63) is 0 Å². The predicted octanol–water partition coefficient (Wildman–Crippen LogP) is 2.25. The van der Waals surface area contributed by atoms with E-state index in [1.54, 1.807) is 6.92 Å². The molecule has 0 nitrogen and oxygen atoms in total. The second-order valence-corrected chi connectivity index (χ2v) is 2.36. The van der Waals surface area contributed by atoms with E-state index in [-0.39, 0.29) is 6.42 Å². The van der Waals surface area contributed by atoms with E-state index in [0.29, 0.717) is 6.42 Å². The summed E-state index contributed by atoms with van der Waals surface area (Å²) in [5.74, 6) is 0. The molecule has 44 valence electrons. The fraction of sp³-hybridized carbons (Fsp3) is 1.00. The minimum Gasteiger partial charge on any atom is -0.203 e. The monoisotopic (exact) mass is 126 g/mol. The molecule has 3 heteroatoms. The first-order valence-corrected chi connectivity index (χ1v) is 2.80. The van der Waals surface area contributed by atoms with Gasteiger partial charge in [0.05, 0.1) is 0 Å². The first kappa shape index (κ1) is 7.29. The van der Waals surface area contributed by atoms with Crippen molar-refractivity contribution in [3.8, 4) is 0 Å². The predicted molar refractivity (Wildman–Crippen MR) is 29.6 cm³/mol. The molecule has 0 amide bonds. The molecule has 0 saturated heterocycles. The minimum absolute atomic E-state index is 0.0301. The number of halogens is 2. The zero-order valence-electron chi connectivity index (χ0n) is 4.25. The zero-order chi connectivity index (χ0) is 5.91. The first-order valence-electron chi connectivity index (χ1n) is 2.23. The summed E-state index contributed by atoms with van der Waals surface area (Å²) in [5.41, 5.74) is -2.53. The smallest absolute Gasteiger partial charge is 0.203 e. The molecule has 1 atom stereocenters. The number of hydrogen-bond acceptors (Lipinski definition) is 0. The SMILES string of the molecule is CCCC(F)(F)P. The molecular formula is C4H9F2P. The van der Waals surface area contributed by atoms with Crippen LogP contribution in [0.1, 0.15) is 19.8 Å². The Hall–Kier alpha value is 0.290. The fourth-order valence-corrected chi connectivity index (χ4v) is 0.622. The fourth-order valence-electron chi connectivity index (χ4n) is 0.333. The lowest BCUT2D eigenvalue weighted by Crippen LogP contribution is -2.01. The molecule has 0 spiro atoms. The molecule has 0 N–H and O–H groups in total. The van der Waals surface area contributed by atoms with Crippen LogP contribution in [0.5, 0.6) is 0 Å². The average molecular weight is 126 g/mol. The maximum atomic E-state index is 11.7. The highest BCUT2D eigenvalue weighted by Crippen LogP contribution is 2.26. The molecule has 0 bridgehead atoms. The summed E-state index contributed by atoms with van der Waals surface area (Å²) in [6.45, 7) is 1.73. The van der Waals surface area contributed by atoms with E-state index in [0.717, 1.165) is 0 Å². The standard InChI is InChI=1S/C4H9F2P/c1-2-3-4(5,6)7/h2-3,7H2,1H3. The van der Waals surface area contributed by atoms with Crippen LogP contribution in [0.2, 0.25) is 0 Å². The van der Waals surface area contributed by atoms with Crippen LogP contribution in [-0.2, 0) is 0 Å². The van der Waals surface area contributed by atoms with Crippen LogP contribution >= 0.6 is 9.24 Å². The molecule has 0 fully saturated rings. The molecule has 0 heterocycles. The maximum absolute atomic E-state index is 11.7. The highest BCUT2D eigenvalue weighted by Gasteiger charge is 2.18. The molecule has 0 aromatic carbocycles. The third-order valence-corrected chi connectivity index (χ3v) is 0.872. The normalized spacial score (nSPS) is 12.0. The summed E-state index contributed by atoms with van der Waals surface area (Å²) in [5, 5.41) is 0. The van der Waals surface area contributed by atoms with Crippen molar-refractivity contribution < 1.29 is 8.78 Å². The first-order chi connectivity index (χ1) is 3.06. The van der Waals surface area contributed by atoms with Gasteiger partial charge in [-0.15, -0.1) is 0 Å². The van der Waals surface area contributed by atoms with Crippen LogP contribution in [0.25, 0.3) is 0 Å². The number of hydrogen-bond donors (Lipinski definition) is 0. The van der Waals surface area contributed by atoms with Crippen LogP contribution in [0.3, 0.4) is 0 Å². The molecule has 0 aromatic heterocycles. The number of alkyl halides is 2. The summed E-state index contributed by atoms with van der Waals surface area (Å²) < 4.78 is 23.4. The Morgan fingerprint density at radius 1 is 1.57 bits per heavy atom. The molecule has 0 radical (unpaired) electrons. The van der Waals surface area contributed by atoms with Crippen molar-refractivity contribution >= 4 is 9.24 Å². The Morgan fingerprint density at radius 3 is 2.00 bits per heavy atom. The van der Waals surface area contributed by atoms with Gasteiger partial charge in [0, 0.05) is 6.42 Å². The minimum atomic E-state index is -2.53. The molecule has 0 aliphatic heterocycles. The summed E-state index contributed by atoms with van der Waals surface area (Å²) in [6, 6.07) is 0.